The molecule has 5 heteroatoms. The Morgan fingerprint density at radius 3 is 2.75 bits per heavy atom. The number of aryl methyl sites for hydroxylation is 1. The maximum atomic E-state index is 4.60. The minimum absolute atomic E-state index is 0.278. The van der Waals surface area contributed by atoms with Crippen molar-refractivity contribution in [3.05, 3.63) is 52.0 Å². The molecular formula is C15H18BrN3S. The van der Waals surface area contributed by atoms with Gasteiger partial charge in [-0.1, -0.05) is 12.1 Å². The van der Waals surface area contributed by atoms with Crippen molar-refractivity contribution in [3.8, 4) is 0 Å². The van der Waals surface area contributed by atoms with E-state index in [9.17, 15) is 0 Å². The van der Waals surface area contributed by atoms with Gasteiger partial charge in [0, 0.05) is 32.9 Å². The Kier molecular flexibility index (Phi) is 5.57. The molecule has 3 nitrogen and oxygen atoms in total. The van der Waals surface area contributed by atoms with Gasteiger partial charge in [-0.05, 0) is 49.0 Å². The van der Waals surface area contributed by atoms with Crippen molar-refractivity contribution >= 4 is 27.7 Å². The molecule has 0 saturated carbocycles. The summed E-state index contributed by atoms with van der Waals surface area (Å²) in [4.78, 5) is 10.3. The summed E-state index contributed by atoms with van der Waals surface area (Å²) in [5, 5.41) is 3.22. The Morgan fingerprint density at radius 1 is 1.35 bits per heavy atom. The lowest BCUT2D eigenvalue weighted by molar-refractivity contribution is 0.639. The molecule has 0 radical (unpaired) electrons. The summed E-state index contributed by atoms with van der Waals surface area (Å²) >= 11 is 5.30. The SMILES string of the molecule is CNC(C)c1cnc(CSc2ccccc2Br)nc1C. The van der Waals surface area contributed by atoms with Crippen molar-refractivity contribution in [2.75, 3.05) is 7.05 Å². The van der Waals surface area contributed by atoms with Crippen molar-refractivity contribution < 1.29 is 0 Å². The first-order valence-corrected chi connectivity index (χ1v) is 8.26. The summed E-state index contributed by atoms with van der Waals surface area (Å²) in [5.41, 5.74) is 2.20. The first-order chi connectivity index (χ1) is 9.61. The van der Waals surface area contributed by atoms with Crippen molar-refractivity contribution in [2.24, 2.45) is 0 Å². The van der Waals surface area contributed by atoms with E-state index in [1.165, 1.54) is 4.90 Å². The molecule has 0 aliphatic heterocycles. The molecule has 0 bridgehead atoms. The zero-order valence-electron chi connectivity index (χ0n) is 11.9. The quantitative estimate of drug-likeness (QED) is 0.822. The average molecular weight is 352 g/mol. The number of benzene rings is 1. The number of thioether (sulfide) groups is 1. The molecule has 2 aromatic rings. The Morgan fingerprint density at radius 2 is 2.10 bits per heavy atom. The third kappa shape index (κ3) is 3.81. The third-order valence-electron chi connectivity index (χ3n) is 3.16. The molecule has 0 aliphatic carbocycles. The van der Waals surface area contributed by atoms with Crippen molar-refractivity contribution in [1.29, 1.82) is 0 Å². The monoisotopic (exact) mass is 351 g/mol. The molecule has 1 aromatic heterocycles. The second kappa shape index (κ2) is 7.20. The van der Waals surface area contributed by atoms with Crippen LogP contribution in [-0.2, 0) is 5.75 Å². The standard InChI is InChI=1S/C15H18BrN3S/c1-10(17-3)12-8-18-15(19-11(12)2)9-20-14-7-5-4-6-13(14)16/h4-8,10,17H,9H2,1-3H3. The smallest absolute Gasteiger partial charge is 0.138 e. The molecule has 2 rings (SSSR count). The van der Waals surface area contributed by atoms with Crippen LogP contribution < -0.4 is 5.32 Å². The fraction of sp³-hybridized carbons (Fsp3) is 0.333. The van der Waals surface area contributed by atoms with E-state index >= 15 is 0 Å². The molecule has 0 fully saturated rings. The molecule has 1 atom stereocenters. The van der Waals surface area contributed by atoms with Crippen LogP contribution >= 0.6 is 27.7 Å². The molecule has 1 N–H and O–H groups in total. The van der Waals surface area contributed by atoms with Gasteiger partial charge < -0.3 is 5.32 Å². The second-order valence-corrected chi connectivity index (χ2v) is 6.43. The number of hydrogen-bond donors (Lipinski definition) is 1. The average Bonchev–Trinajstić information content (AvgIpc) is 2.46. The van der Waals surface area contributed by atoms with Gasteiger partial charge in [0.2, 0.25) is 0 Å². The normalized spacial score (nSPS) is 12.4. The number of rotatable bonds is 5. The van der Waals surface area contributed by atoms with Gasteiger partial charge in [0.05, 0.1) is 5.75 Å². The number of aromatic nitrogens is 2. The van der Waals surface area contributed by atoms with Crippen molar-refractivity contribution in [3.63, 3.8) is 0 Å². The van der Waals surface area contributed by atoms with Crippen molar-refractivity contribution in [2.45, 2.75) is 30.5 Å². The molecule has 0 saturated heterocycles. The predicted octanol–water partition coefficient (Wildman–Crippen LogP) is 4.12. The molecule has 1 heterocycles. The van der Waals surface area contributed by atoms with Crippen LogP contribution in [-0.4, -0.2) is 17.0 Å². The first kappa shape index (κ1) is 15.5. The van der Waals surface area contributed by atoms with Gasteiger partial charge in [-0.15, -0.1) is 11.8 Å². The Hall–Kier alpha value is -0.910. The highest BCUT2D eigenvalue weighted by Crippen LogP contribution is 2.29. The molecular weight excluding hydrogens is 334 g/mol. The summed E-state index contributed by atoms with van der Waals surface area (Å²) in [5.74, 6) is 1.65. The number of hydrogen-bond acceptors (Lipinski definition) is 4. The lowest BCUT2D eigenvalue weighted by Gasteiger charge is -2.13. The zero-order valence-corrected chi connectivity index (χ0v) is 14.3. The molecule has 1 unspecified atom stereocenters. The minimum Gasteiger partial charge on any atom is -0.313 e. The van der Waals surface area contributed by atoms with Crippen LogP contribution in [0.3, 0.4) is 0 Å². The van der Waals surface area contributed by atoms with E-state index < -0.39 is 0 Å². The fourth-order valence-electron chi connectivity index (χ4n) is 1.88. The lowest BCUT2D eigenvalue weighted by atomic mass is 10.1. The summed E-state index contributed by atoms with van der Waals surface area (Å²) in [7, 11) is 1.95. The lowest BCUT2D eigenvalue weighted by Crippen LogP contribution is -2.15. The Bertz CT molecular complexity index is 589. The van der Waals surface area contributed by atoms with E-state index in [1.807, 2.05) is 38.4 Å². The molecule has 20 heavy (non-hydrogen) atoms. The van der Waals surface area contributed by atoms with Gasteiger partial charge >= 0.3 is 0 Å². The van der Waals surface area contributed by atoms with Crippen LogP contribution in [0.15, 0.2) is 39.8 Å². The van der Waals surface area contributed by atoms with Gasteiger partial charge in [-0.25, -0.2) is 9.97 Å². The highest BCUT2D eigenvalue weighted by atomic mass is 79.9. The summed E-state index contributed by atoms with van der Waals surface area (Å²) in [6.45, 7) is 4.15. The van der Waals surface area contributed by atoms with E-state index in [0.717, 1.165) is 27.3 Å². The zero-order chi connectivity index (χ0) is 14.5. The van der Waals surface area contributed by atoms with E-state index in [1.54, 1.807) is 11.8 Å². The van der Waals surface area contributed by atoms with Gasteiger partial charge in [-0.2, -0.15) is 0 Å². The van der Waals surface area contributed by atoms with Gasteiger partial charge in [0.25, 0.3) is 0 Å². The van der Waals surface area contributed by atoms with E-state index in [0.29, 0.717) is 0 Å². The van der Waals surface area contributed by atoms with Crippen LogP contribution in [0.2, 0.25) is 0 Å². The van der Waals surface area contributed by atoms with E-state index in [2.05, 4.69) is 44.2 Å². The number of halogens is 1. The highest BCUT2D eigenvalue weighted by molar-refractivity contribution is 9.10. The minimum atomic E-state index is 0.278. The van der Waals surface area contributed by atoms with E-state index in [-0.39, 0.29) is 6.04 Å². The largest absolute Gasteiger partial charge is 0.313 e. The van der Waals surface area contributed by atoms with Gasteiger partial charge in [-0.3, -0.25) is 0 Å². The second-order valence-electron chi connectivity index (χ2n) is 4.56. The van der Waals surface area contributed by atoms with Crippen molar-refractivity contribution in [1.82, 2.24) is 15.3 Å². The Balaban J connectivity index is 2.08. The maximum absolute atomic E-state index is 4.60. The first-order valence-electron chi connectivity index (χ1n) is 6.49. The van der Waals surface area contributed by atoms with Crippen LogP contribution in [0.1, 0.15) is 30.0 Å². The van der Waals surface area contributed by atoms with Crippen LogP contribution in [0.5, 0.6) is 0 Å². The topological polar surface area (TPSA) is 37.8 Å². The van der Waals surface area contributed by atoms with Crippen LogP contribution in [0.25, 0.3) is 0 Å². The van der Waals surface area contributed by atoms with Crippen LogP contribution in [0.4, 0.5) is 0 Å². The van der Waals surface area contributed by atoms with Crippen LogP contribution in [0, 0.1) is 6.92 Å². The Labute approximate surface area is 132 Å². The fourth-order valence-corrected chi connectivity index (χ4v) is 3.31. The highest BCUT2D eigenvalue weighted by Gasteiger charge is 2.09. The third-order valence-corrected chi connectivity index (χ3v) is 5.18. The van der Waals surface area contributed by atoms with E-state index in [4.69, 9.17) is 0 Å². The number of nitrogens with one attached hydrogen (secondary N) is 1. The number of nitrogens with zero attached hydrogens (tertiary/aromatic N) is 2. The molecule has 0 aliphatic rings. The van der Waals surface area contributed by atoms with Gasteiger partial charge in [0.15, 0.2) is 0 Å². The van der Waals surface area contributed by atoms with Gasteiger partial charge in [0.1, 0.15) is 5.82 Å². The summed E-state index contributed by atoms with van der Waals surface area (Å²) in [6, 6.07) is 8.48. The molecule has 1 aromatic carbocycles. The molecule has 0 amide bonds. The molecule has 106 valence electrons. The predicted molar refractivity (Wildman–Crippen MR) is 87.9 cm³/mol. The summed E-state index contributed by atoms with van der Waals surface area (Å²) in [6.07, 6.45) is 1.93. The molecule has 0 spiro atoms. The maximum Gasteiger partial charge on any atom is 0.138 e. The summed E-state index contributed by atoms with van der Waals surface area (Å²) < 4.78 is 1.11.